The molecule has 0 unspecified atom stereocenters. The van der Waals surface area contributed by atoms with Gasteiger partial charge in [0, 0.05) is 17.2 Å². The second-order valence-corrected chi connectivity index (χ2v) is 4.26. The van der Waals surface area contributed by atoms with Gasteiger partial charge in [0.2, 0.25) is 6.54 Å². The fourth-order valence-corrected chi connectivity index (χ4v) is 2.07. The summed E-state index contributed by atoms with van der Waals surface area (Å²) in [7, 11) is 0. The number of hydrogen-bond acceptors (Lipinski definition) is 3. The lowest BCUT2D eigenvalue weighted by Gasteiger charge is -2.02. The molecule has 0 aliphatic carbocycles. The van der Waals surface area contributed by atoms with E-state index in [0.29, 0.717) is 0 Å². The molecule has 0 aliphatic heterocycles. The van der Waals surface area contributed by atoms with Gasteiger partial charge in [-0.2, -0.15) is 14.8 Å². The van der Waals surface area contributed by atoms with E-state index in [1.54, 1.807) is 29.4 Å². The minimum absolute atomic E-state index is 0.0620. The number of nitrogens with zero attached hydrogens (tertiary/aromatic N) is 3. The highest BCUT2D eigenvalue weighted by Crippen LogP contribution is 2.25. The Balaban J connectivity index is 2.35. The van der Waals surface area contributed by atoms with Crippen molar-refractivity contribution in [1.29, 1.82) is 0 Å². The first-order chi connectivity index (χ1) is 8.16. The quantitative estimate of drug-likeness (QED) is 0.866. The molecule has 1 N–H and O–H groups in total. The average molecular weight is 295 g/mol. The summed E-state index contributed by atoms with van der Waals surface area (Å²) in [6, 6.07) is 3.68. The van der Waals surface area contributed by atoms with Crippen LogP contribution in [0.25, 0.3) is 11.1 Å². The number of hydrogen-bond donors (Lipinski definition) is 1. The van der Waals surface area contributed by atoms with E-state index in [9.17, 15) is 4.79 Å². The van der Waals surface area contributed by atoms with Crippen LogP contribution in [-0.4, -0.2) is 21.3 Å². The Bertz CT molecular complexity index is 546. The molecule has 0 aromatic carbocycles. The molecule has 17 heavy (non-hydrogen) atoms. The molecule has 0 atom stereocenters. The van der Waals surface area contributed by atoms with E-state index in [2.05, 4.69) is 26.1 Å². The van der Waals surface area contributed by atoms with Gasteiger partial charge in [-0.15, -0.1) is 0 Å². The Morgan fingerprint density at radius 1 is 1.41 bits per heavy atom. The lowest BCUT2D eigenvalue weighted by molar-refractivity contribution is -0.686. The second kappa shape index (κ2) is 5.01. The number of aromatic nitrogens is 3. The largest absolute Gasteiger partial charge is 0.477 e. The second-order valence-electron chi connectivity index (χ2n) is 3.40. The first kappa shape index (κ1) is 11.7. The van der Waals surface area contributed by atoms with Crippen molar-refractivity contribution in [3.05, 3.63) is 41.4 Å². The SMILES string of the molecule is O=C(O)C[n+]1ccc(-c2ccnnc2)c(Br)c1. The lowest BCUT2D eigenvalue weighted by atomic mass is 10.1. The first-order valence-corrected chi connectivity index (χ1v) is 5.63. The van der Waals surface area contributed by atoms with Gasteiger partial charge in [-0.3, -0.25) is 0 Å². The highest BCUT2D eigenvalue weighted by atomic mass is 79.9. The van der Waals surface area contributed by atoms with Crippen LogP contribution in [0.4, 0.5) is 0 Å². The molecule has 0 fully saturated rings. The Labute approximate surface area is 106 Å². The number of rotatable bonds is 3. The molecule has 2 aromatic rings. The van der Waals surface area contributed by atoms with Crippen LogP contribution in [0.3, 0.4) is 0 Å². The molecule has 5 nitrogen and oxygen atoms in total. The summed E-state index contributed by atoms with van der Waals surface area (Å²) >= 11 is 3.41. The third-order valence-electron chi connectivity index (χ3n) is 2.18. The molecule has 0 radical (unpaired) electrons. The molecule has 2 aromatic heterocycles. The van der Waals surface area contributed by atoms with Crippen molar-refractivity contribution in [2.24, 2.45) is 0 Å². The maximum atomic E-state index is 10.6. The fraction of sp³-hybridized carbons (Fsp3) is 0.0909. The Morgan fingerprint density at radius 3 is 2.82 bits per heavy atom. The van der Waals surface area contributed by atoms with Crippen LogP contribution < -0.4 is 4.57 Å². The molecular formula is C11H9BrN3O2+. The van der Waals surface area contributed by atoms with Gasteiger partial charge in [0.1, 0.15) is 0 Å². The zero-order valence-corrected chi connectivity index (χ0v) is 10.3. The van der Waals surface area contributed by atoms with Crippen LogP contribution in [0, 0.1) is 0 Å². The smallest absolute Gasteiger partial charge is 0.370 e. The molecule has 0 saturated heterocycles. The third-order valence-corrected chi connectivity index (χ3v) is 2.81. The molecule has 0 saturated carbocycles. The van der Waals surface area contributed by atoms with Gasteiger partial charge in [0.25, 0.3) is 0 Å². The summed E-state index contributed by atoms with van der Waals surface area (Å²) in [6.45, 7) is -0.0620. The van der Waals surface area contributed by atoms with Gasteiger partial charge in [-0.1, -0.05) is 0 Å². The molecule has 2 heterocycles. The number of pyridine rings is 1. The Morgan fingerprint density at radius 2 is 2.24 bits per heavy atom. The van der Waals surface area contributed by atoms with Crippen molar-refractivity contribution in [3.63, 3.8) is 0 Å². The zero-order chi connectivity index (χ0) is 12.3. The summed E-state index contributed by atoms with van der Waals surface area (Å²) in [5, 5.41) is 16.2. The molecular weight excluding hydrogens is 286 g/mol. The standard InChI is InChI=1S/C11H8BrN3O2/c12-10-6-15(7-11(16)17)4-2-9(10)8-1-3-13-14-5-8/h1-6H,7H2/p+1. The summed E-state index contributed by atoms with van der Waals surface area (Å²) < 4.78 is 2.40. The number of carbonyl (C=O) groups is 1. The topological polar surface area (TPSA) is 67.0 Å². The third kappa shape index (κ3) is 2.85. The summed E-state index contributed by atoms with van der Waals surface area (Å²) in [5.41, 5.74) is 1.87. The Hall–Kier alpha value is -1.82. The van der Waals surface area contributed by atoms with Crippen molar-refractivity contribution < 1.29 is 14.5 Å². The van der Waals surface area contributed by atoms with E-state index in [1.165, 1.54) is 0 Å². The fourth-order valence-electron chi connectivity index (χ4n) is 1.45. The van der Waals surface area contributed by atoms with E-state index < -0.39 is 5.97 Å². The van der Waals surface area contributed by atoms with Crippen molar-refractivity contribution in [2.45, 2.75) is 6.54 Å². The maximum absolute atomic E-state index is 10.6. The molecule has 2 rings (SSSR count). The van der Waals surface area contributed by atoms with Gasteiger partial charge < -0.3 is 5.11 Å². The summed E-state index contributed by atoms with van der Waals surface area (Å²) in [5.74, 6) is -0.875. The van der Waals surface area contributed by atoms with Crippen LogP contribution in [0.5, 0.6) is 0 Å². The van der Waals surface area contributed by atoms with Gasteiger partial charge in [-0.25, -0.2) is 4.79 Å². The van der Waals surface area contributed by atoms with Crippen LogP contribution >= 0.6 is 15.9 Å². The van der Waals surface area contributed by atoms with Crippen molar-refractivity contribution in [3.8, 4) is 11.1 Å². The minimum Gasteiger partial charge on any atom is -0.477 e. The normalized spacial score (nSPS) is 10.2. The lowest BCUT2D eigenvalue weighted by Crippen LogP contribution is -2.37. The molecule has 0 spiro atoms. The highest BCUT2D eigenvalue weighted by Gasteiger charge is 2.11. The van der Waals surface area contributed by atoms with Crippen LogP contribution in [0.15, 0.2) is 41.4 Å². The Kier molecular flexibility index (Phi) is 3.43. The minimum atomic E-state index is -0.875. The first-order valence-electron chi connectivity index (χ1n) is 4.84. The van der Waals surface area contributed by atoms with Crippen LogP contribution in [0.1, 0.15) is 0 Å². The van der Waals surface area contributed by atoms with Gasteiger partial charge in [0.05, 0.1) is 16.9 Å². The number of halogens is 1. The van der Waals surface area contributed by atoms with Crippen LogP contribution in [0.2, 0.25) is 0 Å². The number of carboxylic acid groups (broad SMARTS) is 1. The predicted octanol–water partition coefficient (Wildman–Crippen LogP) is 1.28. The monoisotopic (exact) mass is 294 g/mol. The van der Waals surface area contributed by atoms with Gasteiger partial charge in [0.15, 0.2) is 12.4 Å². The number of aliphatic carboxylic acids is 1. The molecule has 0 amide bonds. The van der Waals surface area contributed by atoms with Gasteiger partial charge >= 0.3 is 5.97 Å². The van der Waals surface area contributed by atoms with E-state index >= 15 is 0 Å². The molecule has 6 heteroatoms. The van der Waals surface area contributed by atoms with E-state index in [0.717, 1.165) is 15.6 Å². The van der Waals surface area contributed by atoms with E-state index in [1.807, 2.05) is 12.1 Å². The highest BCUT2D eigenvalue weighted by molar-refractivity contribution is 9.10. The molecule has 0 aliphatic rings. The van der Waals surface area contributed by atoms with E-state index in [-0.39, 0.29) is 6.54 Å². The van der Waals surface area contributed by atoms with E-state index in [4.69, 9.17) is 5.11 Å². The summed E-state index contributed by atoms with van der Waals surface area (Å²) in [4.78, 5) is 10.6. The van der Waals surface area contributed by atoms with Crippen LogP contribution in [-0.2, 0) is 11.3 Å². The van der Waals surface area contributed by atoms with Gasteiger partial charge in [-0.05, 0) is 22.0 Å². The number of carboxylic acids is 1. The summed E-state index contributed by atoms with van der Waals surface area (Å²) in [6.07, 6.45) is 6.71. The van der Waals surface area contributed by atoms with Crippen molar-refractivity contribution in [1.82, 2.24) is 10.2 Å². The maximum Gasteiger partial charge on any atom is 0.370 e. The molecule has 86 valence electrons. The predicted molar refractivity (Wildman–Crippen MR) is 63.0 cm³/mol. The van der Waals surface area contributed by atoms with Crippen molar-refractivity contribution in [2.75, 3.05) is 0 Å². The van der Waals surface area contributed by atoms with Crippen molar-refractivity contribution >= 4 is 21.9 Å². The average Bonchev–Trinajstić information content (AvgIpc) is 2.29. The zero-order valence-electron chi connectivity index (χ0n) is 8.75. The molecule has 0 bridgehead atoms.